The number of hydrogen-bond acceptors (Lipinski definition) is 4. The van der Waals surface area contributed by atoms with Crippen molar-refractivity contribution in [3.8, 4) is 0 Å². The number of benzene rings is 1. The number of aliphatic hydroxyl groups is 1. The number of fused-ring (bicyclic) bond motifs is 1. The zero-order valence-corrected chi connectivity index (χ0v) is 13.3. The number of nitrogens with one attached hydrogen (secondary N) is 1. The molecule has 0 saturated carbocycles. The number of nitrogens with zero attached hydrogens (tertiary/aromatic N) is 2. The monoisotopic (exact) mass is 351 g/mol. The van der Waals surface area contributed by atoms with Gasteiger partial charge in [-0.05, 0) is 23.6 Å². The van der Waals surface area contributed by atoms with Gasteiger partial charge in [0.15, 0.2) is 0 Å². The van der Waals surface area contributed by atoms with Gasteiger partial charge in [0.1, 0.15) is 5.82 Å². The summed E-state index contributed by atoms with van der Waals surface area (Å²) in [5.74, 6) is 0.874. The maximum Gasteiger partial charge on any atom is 0.257 e. The van der Waals surface area contributed by atoms with Gasteiger partial charge < -0.3 is 15.0 Å². The molecule has 1 aliphatic rings. The predicted octanol–water partition coefficient (Wildman–Crippen LogP) is 1.40. The Hall–Kier alpha value is -1.37. The topological polar surface area (TPSA) is 59.6 Å². The highest BCUT2D eigenvalue weighted by molar-refractivity contribution is 9.10. The third-order valence-electron chi connectivity index (χ3n) is 3.92. The van der Waals surface area contributed by atoms with Crippen LogP contribution in [0.2, 0.25) is 0 Å². The molecule has 1 aromatic heterocycles. The standard InChI is InChI=1S/C15H18BrN3O2/c16-12-2-1-11-9-14(17-15(21)13(11)10-12)19-5-3-18(4-6-19)7-8-20/h1-2,9-10,20H,3-8H2,(H,17,21). The van der Waals surface area contributed by atoms with Gasteiger partial charge in [-0.3, -0.25) is 9.69 Å². The number of aliphatic hydroxyl groups excluding tert-OH is 1. The molecule has 5 nitrogen and oxygen atoms in total. The van der Waals surface area contributed by atoms with Crippen molar-refractivity contribution in [2.45, 2.75) is 0 Å². The van der Waals surface area contributed by atoms with E-state index in [2.05, 4.69) is 30.7 Å². The average Bonchev–Trinajstić information content (AvgIpc) is 2.49. The number of pyridine rings is 1. The predicted molar refractivity (Wildman–Crippen MR) is 88.0 cm³/mol. The Kier molecular flexibility index (Phi) is 4.28. The smallest absolute Gasteiger partial charge is 0.257 e. The van der Waals surface area contributed by atoms with E-state index >= 15 is 0 Å². The highest BCUT2D eigenvalue weighted by Gasteiger charge is 2.17. The molecule has 0 unspecified atom stereocenters. The molecular weight excluding hydrogens is 334 g/mol. The fourth-order valence-corrected chi connectivity index (χ4v) is 3.10. The van der Waals surface area contributed by atoms with Crippen molar-refractivity contribution < 1.29 is 5.11 Å². The number of H-pyrrole nitrogens is 1. The Bertz CT molecular complexity index is 693. The Morgan fingerprint density at radius 2 is 1.95 bits per heavy atom. The normalized spacial score (nSPS) is 16.6. The van der Waals surface area contributed by atoms with Crippen LogP contribution in [0.4, 0.5) is 5.82 Å². The Morgan fingerprint density at radius 3 is 2.67 bits per heavy atom. The second kappa shape index (κ2) is 6.17. The Balaban J connectivity index is 1.85. The molecule has 2 N–H and O–H groups in total. The molecule has 0 aliphatic carbocycles. The van der Waals surface area contributed by atoms with E-state index in [4.69, 9.17) is 5.11 Å². The molecule has 6 heteroatoms. The van der Waals surface area contributed by atoms with Crippen LogP contribution < -0.4 is 10.5 Å². The third-order valence-corrected chi connectivity index (χ3v) is 4.42. The van der Waals surface area contributed by atoms with Gasteiger partial charge in [0, 0.05) is 42.6 Å². The first-order valence-electron chi connectivity index (χ1n) is 7.08. The van der Waals surface area contributed by atoms with Gasteiger partial charge in [-0.25, -0.2) is 0 Å². The van der Waals surface area contributed by atoms with Gasteiger partial charge >= 0.3 is 0 Å². The van der Waals surface area contributed by atoms with Crippen molar-refractivity contribution in [2.24, 2.45) is 0 Å². The summed E-state index contributed by atoms with van der Waals surface area (Å²) in [6, 6.07) is 7.78. The number of aromatic amines is 1. The summed E-state index contributed by atoms with van der Waals surface area (Å²) in [4.78, 5) is 19.6. The zero-order valence-electron chi connectivity index (χ0n) is 11.7. The fourth-order valence-electron chi connectivity index (χ4n) is 2.74. The maximum atomic E-state index is 12.2. The van der Waals surface area contributed by atoms with E-state index in [1.54, 1.807) is 0 Å². The van der Waals surface area contributed by atoms with Gasteiger partial charge in [-0.2, -0.15) is 0 Å². The Labute approximate surface area is 131 Å². The minimum absolute atomic E-state index is 0.0541. The zero-order chi connectivity index (χ0) is 14.8. The molecule has 0 bridgehead atoms. The first-order chi connectivity index (χ1) is 10.2. The molecule has 2 aromatic rings. The molecule has 1 aliphatic heterocycles. The molecule has 21 heavy (non-hydrogen) atoms. The van der Waals surface area contributed by atoms with Crippen molar-refractivity contribution in [1.82, 2.24) is 9.88 Å². The number of β-amino-alcohol motifs (C(OH)–C–C–N with tert-alkyl or cyclic N) is 1. The number of halogens is 1. The van der Waals surface area contributed by atoms with Gasteiger partial charge in [0.05, 0.1) is 6.61 Å². The van der Waals surface area contributed by atoms with Crippen LogP contribution in [-0.2, 0) is 0 Å². The lowest BCUT2D eigenvalue weighted by molar-refractivity contribution is 0.188. The van der Waals surface area contributed by atoms with Gasteiger partial charge in [0.25, 0.3) is 5.56 Å². The summed E-state index contributed by atoms with van der Waals surface area (Å²) < 4.78 is 0.908. The van der Waals surface area contributed by atoms with E-state index in [1.807, 2.05) is 24.3 Å². The van der Waals surface area contributed by atoms with Crippen molar-refractivity contribution >= 4 is 32.5 Å². The van der Waals surface area contributed by atoms with Crippen molar-refractivity contribution in [1.29, 1.82) is 0 Å². The van der Waals surface area contributed by atoms with Crippen LogP contribution in [-0.4, -0.2) is 54.3 Å². The van der Waals surface area contributed by atoms with Crippen molar-refractivity contribution in [3.05, 3.63) is 39.1 Å². The van der Waals surface area contributed by atoms with Crippen LogP contribution in [0.25, 0.3) is 10.8 Å². The van der Waals surface area contributed by atoms with E-state index in [0.717, 1.165) is 48.4 Å². The second-order valence-corrected chi connectivity index (χ2v) is 6.18. The van der Waals surface area contributed by atoms with Crippen molar-refractivity contribution in [3.63, 3.8) is 0 Å². The lowest BCUT2D eigenvalue weighted by Crippen LogP contribution is -2.47. The number of piperazine rings is 1. The molecule has 1 fully saturated rings. The number of rotatable bonds is 3. The van der Waals surface area contributed by atoms with E-state index in [9.17, 15) is 4.79 Å². The minimum atomic E-state index is -0.0541. The second-order valence-electron chi connectivity index (χ2n) is 5.27. The highest BCUT2D eigenvalue weighted by Crippen LogP contribution is 2.21. The van der Waals surface area contributed by atoms with E-state index < -0.39 is 0 Å². The van der Waals surface area contributed by atoms with Gasteiger partial charge in [-0.15, -0.1) is 0 Å². The summed E-state index contributed by atoms with van der Waals surface area (Å²) >= 11 is 3.39. The average molecular weight is 352 g/mol. The SMILES string of the molecule is O=c1[nH]c(N2CCN(CCO)CC2)cc2ccc(Br)cc12. The van der Waals surface area contributed by atoms with Crippen LogP contribution >= 0.6 is 15.9 Å². The van der Waals surface area contributed by atoms with Gasteiger partial charge in [-0.1, -0.05) is 22.0 Å². The first kappa shape index (κ1) is 14.6. The molecule has 0 amide bonds. The fraction of sp³-hybridized carbons (Fsp3) is 0.400. The lowest BCUT2D eigenvalue weighted by Gasteiger charge is -2.35. The molecule has 112 valence electrons. The van der Waals surface area contributed by atoms with Crippen LogP contribution in [0.3, 0.4) is 0 Å². The maximum absolute atomic E-state index is 12.2. The summed E-state index contributed by atoms with van der Waals surface area (Å²) in [6.07, 6.45) is 0. The molecule has 1 saturated heterocycles. The van der Waals surface area contributed by atoms with Crippen LogP contribution in [0.5, 0.6) is 0 Å². The lowest BCUT2D eigenvalue weighted by atomic mass is 10.1. The van der Waals surface area contributed by atoms with E-state index in [0.29, 0.717) is 5.39 Å². The molecular formula is C15H18BrN3O2. The van der Waals surface area contributed by atoms with Gasteiger partial charge in [0.2, 0.25) is 0 Å². The van der Waals surface area contributed by atoms with Crippen LogP contribution in [0.1, 0.15) is 0 Å². The largest absolute Gasteiger partial charge is 0.395 e. The summed E-state index contributed by atoms with van der Waals surface area (Å²) in [6.45, 7) is 4.44. The third kappa shape index (κ3) is 3.12. The molecule has 1 aromatic carbocycles. The van der Waals surface area contributed by atoms with E-state index in [1.165, 1.54) is 0 Å². The van der Waals surface area contributed by atoms with Crippen molar-refractivity contribution in [2.75, 3.05) is 44.2 Å². The number of hydrogen-bond donors (Lipinski definition) is 2. The van der Waals surface area contributed by atoms with Crippen LogP contribution in [0.15, 0.2) is 33.5 Å². The first-order valence-corrected chi connectivity index (χ1v) is 7.87. The minimum Gasteiger partial charge on any atom is -0.395 e. The summed E-state index contributed by atoms with van der Waals surface area (Å²) in [5.41, 5.74) is -0.0541. The summed E-state index contributed by atoms with van der Waals surface area (Å²) in [5, 5.41) is 10.6. The highest BCUT2D eigenvalue weighted by atomic mass is 79.9. The number of aromatic nitrogens is 1. The molecule has 3 rings (SSSR count). The summed E-state index contributed by atoms with van der Waals surface area (Å²) in [7, 11) is 0. The molecule has 0 radical (unpaired) electrons. The van der Waals surface area contributed by atoms with E-state index in [-0.39, 0.29) is 12.2 Å². The molecule has 0 spiro atoms. The Morgan fingerprint density at radius 1 is 1.19 bits per heavy atom. The number of anilines is 1. The quantitative estimate of drug-likeness (QED) is 0.877. The van der Waals surface area contributed by atoms with Crippen LogP contribution in [0, 0.1) is 0 Å². The molecule has 2 heterocycles. The molecule has 0 atom stereocenters.